The summed E-state index contributed by atoms with van der Waals surface area (Å²) in [5.41, 5.74) is 4.41. The molecule has 0 aliphatic carbocycles. The Morgan fingerprint density at radius 3 is 2.55 bits per heavy atom. The highest BCUT2D eigenvalue weighted by molar-refractivity contribution is 5.73. The summed E-state index contributed by atoms with van der Waals surface area (Å²) in [7, 11) is 0. The normalized spacial score (nSPS) is 10.5. The first-order valence-corrected chi connectivity index (χ1v) is 7.70. The first-order chi connectivity index (χ1) is 10.6. The molecule has 2 aromatic rings. The zero-order chi connectivity index (χ0) is 15.9. The van der Waals surface area contributed by atoms with Crippen LogP contribution in [0.2, 0.25) is 0 Å². The van der Waals surface area contributed by atoms with E-state index in [9.17, 15) is 4.79 Å². The summed E-state index contributed by atoms with van der Waals surface area (Å²) >= 11 is 0. The monoisotopic (exact) mass is 300 g/mol. The van der Waals surface area contributed by atoms with Gasteiger partial charge >= 0.3 is 6.03 Å². The van der Waals surface area contributed by atoms with Crippen molar-refractivity contribution in [3.63, 3.8) is 0 Å². The first kappa shape index (κ1) is 16.1. The van der Waals surface area contributed by atoms with E-state index in [1.54, 1.807) is 0 Å². The average Bonchev–Trinajstić information content (AvgIpc) is 2.80. The second-order valence-electron chi connectivity index (χ2n) is 5.31. The number of benzene rings is 1. The summed E-state index contributed by atoms with van der Waals surface area (Å²) in [5, 5.41) is 10.2. The Bertz CT molecular complexity index is 619. The number of urea groups is 1. The molecule has 0 aliphatic rings. The number of rotatable bonds is 6. The summed E-state index contributed by atoms with van der Waals surface area (Å²) in [4.78, 5) is 11.9. The van der Waals surface area contributed by atoms with Crippen LogP contribution in [0.4, 0.5) is 4.79 Å². The van der Waals surface area contributed by atoms with Crippen molar-refractivity contribution in [3.8, 4) is 0 Å². The number of aryl methyl sites for hydroxylation is 2. The van der Waals surface area contributed by atoms with E-state index in [0.717, 1.165) is 29.9 Å². The van der Waals surface area contributed by atoms with E-state index in [1.807, 2.05) is 36.7 Å². The van der Waals surface area contributed by atoms with Crippen LogP contribution in [-0.2, 0) is 19.5 Å². The summed E-state index contributed by atoms with van der Waals surface area (Å²) in [6, 6.07) is 9.99. The van der Waals surface area contributed by atoms with Crippen LogP contribution in [0, 0.1) is 13.8 Å². The number of carbonyl (C=O) groups excluding carboxylic acids is 1. The second-order valence-corrected chi connectivity index (χ2v) is 5.31. The minimum atomic E-state index is -0.140. The predicted molar refractivity (Wildman–Crippen MR) is 87.8 cm³/mol. The average molecular weight is 300 g/mol. The lowest BCUT2D eigenvalue weighted by molar-refractivity contribution is 0.240. The second kappa shape index (κ2) is 7.64. The van der Waals surface area contributed by atoms with Gasteiger partial charge in [0.25, 0.3) is 0 Å². The van der Waals surface area contributed by atoms with Gasteiger partial charge in [-0.15, -0.1) is 0 Å². The number of hydrogen-bond donors (Lipinski definition) is 2. The van der Waals surface area contributed by atoms with Gasteiger partial charge in [-0.05, 0) is 32.8 Å². The lowest BCUT2D eigenvalue weighted by Gasteiger charge is -2.08. The molecule has 5 heteroatoms. The molecule has 0 atom stereocenters. The standard InChI is InChI=1S/C17H24N4O/c1-4-21-14(3)16(13(2)20-21)12-19-17(22)18-11-10-15-8-6-5-7-9-15/h5-9H,4,10-12H2,1-3H3,(H2,18,19,22). The molecule has 1 heterocycles. The number of nitrogens with one attached hydrogen (secondary N) is 2. The largest absolute Gasteiger partial charge is 0.338 e. The van der Waals surface area contributed by atoms with Gasteiger partial charge in [0.15, 0.2) is 0 Å². The van der Waals surface area contributed by atoms with Crippen molar-refractivity contribution in [1.82, 2.24) is 20.4 Å². The van der Waals surface area contributed by atoms with Gasteiger partial charge in [0, 0.05) is 30.9 Å². The van der Waals surface area contributed by atoms with E-state index < -0.39 is 0 Å². The SMILES string of the molecule is CCn1nc(C)c(CNC(=O)NCCc2ccccc2)c1C. The van der Waals surface area contributed by atoms with Gasteiger partial charge in [-0.25, -0.2) is 4.79 Å². The van der Waals surface area contributed by atoms with E-state index in [-0.39, 0.29) is 6.03 Å². The van der Waals surface area contributed by atoms with Crippen LogP contribution >= 0.6 is 0 Å². The third-order valence-corrected chi connectivity index (χ3v) is 3.80. The predicted octanol–water partition coefficient (Wildman–Crippen LogP) is 2.56. The van der Waals surface area contributed by atoms with Crippen LogP contribution in [0.15, 0.2) is 30.3 Å². The van der Waals surface area contributed by atoms with Gasteiger partial charge in [0.1, 0.15) is 0 Å². The molecule has 0 spiro atoms. The smallest absolute Gasteiger partial charge is 0.315 e. The molecule has 0 aliphatic heterocycles. The molecule has 118 valence electrons. The number of hydrogen-bond acceptors (Lipinski definition) is 2. The first-order valence-electron chi connectivity index (χ1n) is 7.70. The Morgan fingerprint density at radius 2 is 1.91 bits per heavy atom. The zero-order valence-corrected chi connectivity index (χ0v) is 13.5. The third-order valence-electron chi connectivity index (χ3n) is 3.80. The molecule has 2 N–H and O–H groups in total. The van der Waals surface area contributed by atoms with Crippen molar-refractivity contribution in [1.29, 1.82) is 0 Å². The summed E-state index contributed by atoms with van der Waals surface area (Å²) in [6.07, 6.45) is 0.833. The fourth-order valence-electron chi connectivity index (χ4n) is 2.49. The molecule has 1 aromatic carbocycles. The number of amides is 2. The van der Waals surface area contributed by atoms with Gasteiger partial charge in [-0.1, -0.05) is 30.3 Å². The zero-order valence-electron chi connectivity index (χ0n) is 13.5. The molecular formula is C17H24N4O. The molecule has 0 radical (unpaired) electrons. The molecule has 0 bridgehead atoms. The van der Waals surface area contributed by atoms with Crippen molar-refractivity contribution in [2.75, 3.05) is 6.54 Å². The fourth-order valence-corrected chi connectivity index (χ4v) is 2.49. The molecule has 0 unspecified atom stereocenters. The third kappa shape index (κ3) is 4.10. The number of aromatic nitrogens is 2. The van der Waals surface area contributed by atoms with Gasteiger partial charge in [-0.3, -0.25) is 4.68 Å². The van der Waals surface area contributed by atoms with E-state index in [2.05, 4.69) is 34.8 Å². The van der Waals surface area contributed by atoms with Gasteiger partial charge in [-0.2, -0.15) is 5.10 Å². The lowest BCUT2D eigenvalue weighted by Crippen LogP contribution is -2.36. The molecular weight excluding hydrogens is 276 g/mol. The quantitative estimate of drug-likeness (QED) is 0.861. The van der Waals surface area contributed by atoms with Crippen LogP contribution in [0.25, 0.3) is 0 Å². The van der Waals surface area contributed by atoms with Gasteiger partial charge < -0.3 is 10.6 Å². The van der Waals surface area contributed by atoms with Crippen molar-refractivity contribution in [2.45, 2.75) is 40.3 Å². The molecule has 0 saturated heterocycles. The summed E-state index contributed by atoms with van der Waals surface area (Å²) in [6.45, 7) is 8.05. The summed E-state index contributed by atoms with van der Waals surface area (Å²) in [5.74, 6) is 0. The molecule has 2 amide bonds. The fraction of sp³-hybridized carbons (Fsp3) is 0.412. The van der Waals surface area contributed by atoms with Crippen LogP contribution in [0.5, 0.6) is 0 Å². The molecule has 5 nitrogen and oxygen atoms in total. The van der Waals surface area contributed by atoms with Crippen molar-refractivity contribution >= 4 is 6.03 Å². The minimum absolute atomic E-state index is 0.140. The highest BCUT2D eigenvalue weighted by Gasteiger charge is 2.11. The van der Waals surface area contributed by atoms with E-state index in [4.69, 9.17) is 0 Å². The number of nitrogens with zero attached hydrogens (tertiary/aromatic N) is 2. The van der Waals surface area contributed by atoms with Crippen LogP contribution in [0.3, 0.4) is 0 Å². The Labute approximate surface area is 131 Å². The molecule has 0 saturated carbocycles. The molecule has 0 fully saturated rings. The van der Waals surface area contributed by atoms with Gasteiger partial charge in [0.2, 0.25) is 0 Å². The van der Waals surface area contributed by atoms with Crippen molar-refractivity contribution in [3.05, 3.63) is 52.8 Å². The van der Waals surface area contributed by atoms with Crippen molar-refractivity contribution < 1.29 is 4.79 Å². The highest BCUT2D eigenvalue weighted by Crippen LogP contribution is 2.12. The van der Waals surface area contributed by atoms with Crippen LogP contribution in [-0.4, -0.2) is 22.4 Å². The van der Waals surface area contributed by atoms with E-state index in [1.165, 1.54) is 5.56 Å². The van der Waals surface area contributed by atoms with Gasteiger partial charge in [0.05, 0.1) is 5.69 Å². The van der Waals surface area contributed by atoms with E-state index >= 15 is 0 Å². The highest BCUT2D eigenvalue weighted by atomic mass is 16.2. The maximum absolute atomic E-state index is 11.9. The molecule has 22 heavy (non-hydrogen) atoms. The van der Waals surface area contributed by atoms with Crippen molar-refractivity contribution in [2.24, 2.45) is 0 Å². The lowest BCUT2D eigenvalue weighted by atomic mass is 10.1. The Hall–Kier alpha value is -2.30. The Balaban J connectivity index is 1.77. The number of carbonyl (C=O) groups is 1. The maximum Gasteiger partial charge on any atom is 0.315 e. The Morgan fingerprint density at radius 1 is 1.18 bits per heavy atom. The Kier molecular flexibility index (Phi) is 5.58. The maximum atomic E-state index is 11.9. The molecule has 1 aromatic heterocycles. The van der Waals surface area contributed by atoms with Crippen LogP contribution in [0.1, 0.15) is 29.4 Å². The van der Waals surface area contributed by atoms with Crippen LogP contribution < -0.4 is 10.6 Å². The summed E-state index contributed by atoms with van der Waals surface area (Å²) < 4.78 is 1.96. The van der Waals surface area contributed by atoms with E-state index in [0.29, 0.717) is 13.1 Å². The molecule has 2 rings (SSSR count). The topological polar surface area (TPSA) is 59.0 Å². The minimum Gasteiger partial charge on any atom is -0.338 e.